The van der Waals surface area contributed by atoms with Crippen molar-refractivity contribution in [2.45, 2.75) is 17.2 Å². The van der Waals surface area contributed by atoms with E-state index in [1.165, 1.54) is 17.4 Å². The Hall–Kier alpha value is -2.14. The maximum Gasteiger partial charge on any atom is 0.416 e. The quantitative estimate of drug-likeness (QED) is 0.635. The summed E-state index contributed by atoms with van der Waals surface area (Å²) in [7, 11) is -4.23. The molecule has 0 amide bonds. The molecule has 0 saturated heterocycles. The predicted molar refractivity (Wildman–Crippen MR) is 93.6 cm³/mol. The molecule has 0 saturated carbocycles. The lowest BCUT2D eigenvalue weighted by Crippen LogP contribution is -2.28. The molecule has 1 aromatic carbocycles. The molecule has 27 heavy (non-hydrogen) atoms. The number of benzene rings is 1. The molecule has 1 unspecified atom stereocenters. The third kappa shape index (κ3) is 4.59. The first-order valence-corrected chi connectivity index (χ1v) is 10.1. The van der Waals surface area contributed by atoms with E-state index in [1.807, 2.05) is 16.8 Å². The minimum absolute atomic E-state index is 0.142. The van der Waals surface area contributed by atoms with Gasteiger partial charge in [-0.3, -0.25) is 0 Å². The van der Waals surface area contributed by atoms with Crippen LogP contribution in [0.25, 0.3) is 11.3 Å². The fourth-order valence-corrected chi connectivity index (χ4v) is 4.03. The fraction of sp³-hybridized carbons (Fsp3) is 0.176. The van der Waals surface area contributed by atoms with Gasteiger partial charge in [-0.25, -0.2) is 13.1 Å². The van der Waals surface area contributed by atoms with Crippen molar-refractivity contribution in [1.82, 2.24) is 4.72 Å². The lowest BCUT2D eigenvalue weighted by molar-refractivity contribution is -0.137. The highest BCUT2D eigenvalue weighted by molar-refractivity contribution is 7.89. The van der Waals surface area contributed by atoms with Crippen molar-refractivity contribution in [3.8, 4) is 11.3 Å². The molecular formula is C17H14F3NO4S2. The molecular weight excluding hydrogens is 403 g/mol. The van der Waals surface area contributed by atoms with E-state index in [9.17, 15) is 26.7 Å². The Bertz CT molecular complexity index is 1010. The topological polar surface area (TPSA) is 79.5 Å². The van der Waals surface area contributed by atoms with Gasteiger partial charge in [-0.2, -0.15) is 24.5 Å². The second-order valence-electron chi connectivity index (χ2n) is 5.61. The molecule has 2 heterocycles. The molecule has 2 N–H and O–H groups in total. The summed E-state index contributed by atoms with van der Waals surface area (Å²) in [6.45, 7) is -0.449. The van der Waals surface area contributed by atoms with Crippen LogP contribution in [0.1, 0.15) is 17.4 Å². The van der Waals surface area contributed by atoms with E-state index in [-0.39, 0.29) is 5.76 Å². The number of alkyl halides is 3. The molecule has 0 spiro atoms. The van der Waals surface area contributed by atoms with Crippen molar-refractivity contribution >= 4 is 21.4 Å². The summed E-state index contributed by atoms with van der Waals surface area (Å²) >= 11 is 1.47. The highest BCUT2D eigenvalue weighted by Crippen LogP contribution is 2.31. The van der Waals surface area contributed by atoms with Gasteiger partial charge in [-0.1, -0.05) is 6.07 Å². The van der Waals surface area contributed by atoms with E-state index < -0.39 is 39.3 Å². The lowest BCUT2D eigenvalue weighted by atomic mass is 10.2. The number of aliphatic hydroxyl groups is 1. The number of nitrogens with one attached hydrogen (secondary N) is 1. The molecule has 0 radical (unpaired) electrons. The van der Waals surface area contributed by atoms with Crippen LogP contribution in [-0.4, -0.2) is 20.1 Å². The normalized spacial score (nSPS) is 13.6. The monoisotopic (exact) mass is 417 g/mol. The van der Waals surface area contributed by atoms with E-state index >= 15 is 0 Å². The van der Waals surface area contributed by atoms with Crippen molar-refractivity contribution in [3.05, 3.63) is 64.5 Å². The van der Waals surface area contributed by atoms with Crippen molar-refractivity contribution in [1.29, 1.82) is 0 Å². The fourth-order valence-electron chi connectivity index (χ4n) is 2.30. The van der Waals surface area contributed by atoms with E-state index in [0.717, 1.165) is 23.8 Å². The third-order valence-electron chi connectivity index (χ3n) is 3.70. The van der Waals surface area contributed by atoms with Gasteiger partial charge in [0.05, 0.1) is 10.5 Å². The molecule has 144 valence electrons. The first-order chi connectivity index (χ1) is 12.7. The summed E-state index contributed by atoms with van der Waals surface area (Å²) in [5.74, 6) is 0.661. The number of aliphatic hydroxyl groups excluding tert-OH is 1. The van der Waals surface area contributed by atoms with Gasteiger partial charge in [-0.15, -0.1) is 0 Å². The molecule has 0 aliphatic heterocycles. The second-order valence-corrected chi connectivity index (χ2v) is 8.15. The predicted octanol–water partition coefficient (Wildman–Crippen LogP) is 4.04. The molecule has 10 heteroatoms. The van der Waals surface area contributed by atoms with Gasteiger partial charge in [-0.05, 0) is 41.8 Å². The Kier molecular flexibility index (Phi) is 5.43. The average Bonchev–Trinajstić information content (AvgIpc) is 3.30. The van der Waals surface area contributed by atoms with Gasteiger partial charge in [0.25, 0.3) is 0 Å². The SMILES string of the molecule is O=S(=O)(NCC(O)c1ccc(-c2ccsc2)o1)c1cccc(C(F)(F)F)c1. The van der Waals surface area contributed by atoms with Crippen LogP contribution in [0.5, 0.6) is 0 Å². The molecule has 3 aromatic rings. The van der Waals surface area contributed by atoms with Crippen molar-refractivity contribution < 1.29 is 31.1 Å². The zero-order valence-electron chi connectivity index (χ0n) is 13.6. The van der Waals surface area contributed by atoms with E-state index in [0.29, 0.717) is 11.8 Å². The summed E-state index contributed by atoms with van der Waals surface area (Å²) in [4.78, 5) is -0.539. The first kappa shape index (κ1) is 19.6. The van der Waals surface area contributed by atoms with Gasteiger partial charge >= 0.3 is 6.18 Å². The maximum atomic E-state index is 12.7. The molecule has 0 bridgehead atoms. The molecule has 2 aromatic heterocycles. The number of hydrogen-bond acceptors (Lipinski definition) is 5. The Balaban J connectivity index is 1.70. The number of sulfonamides is 1. The number of halogens is 3. The van der Waals surface area contributed by atoms with Crippen molar-refractivity contribution in [2.24, 2.45) is 0 Å². The van der Waals surface area contributed by atoms with Crippen LogP contribution in [0.4, 0.5) is 13.2 Å². The van der Waals surface area contributed by atoms with Crippen LogP contribution in [0.15, 0.2) is 62.5 Å². The van der Waals surface area contributed by atoms with Crippen LogP contribution >= 0.6 is 11.3 Å². The first-order valence-electron chi connectivity index (χ1n) is 7.64. The molecule has 3 rings (SSSR count). The number of furan rings is 1. The van der Waals surface area contributed by atoms with Gasteiger partial charge in [0, 0.05) is 17.5 Å². The Morgan fingerprint density at radius 3 is 2.63 bits per heavy atom. The van der Waals surface area contributed by atoms with Gasteiger partial charge in [0.15, 0.2) is 0 Å². The average molecular weight is 417 g/mol. The summed E-state index contributed by atoms with van der Waals surface area (Å²) in [6.07, 6.45) is -5.95. The third-order valence-corrected chi connectivity index (χ3v) is 5.80. The second kappa shape index (κ2) is 7.47. The summed E-state index contributed by atoms with van der Waals surface area (Å²) in [5.41, 5.74) is -0.250. The minimum Gasteiger partial charge on any atom is -0.458 e. The number of hydrogen-bond donors (Lipinski definition) is 2. The molecule has 0 aliphatic rings. The lowest BCUT2D eigenvalue weighted by Gasteiger charge is -2.12. The number of rotatable bonds is 6. The summed E-state index contributed by atoms with van der Waals surface area (Å²) in [6, 6.07) is 8.35. The zero-order valence-corrected chi connectivity index (χ0v) is 15.2. The molecule has 0 fully saturated rings. The zero-order chi connectivity index (χ0) is 19.7. The Morgan fingerprint density at radius 2 is 1.96 bits per heavy atom. The van der Waals surface area contributed by atoms with Crippen molar-refractivity contribution in [2.75, 3.05) is 6.54 Å². The summed E-state index contributed by atoms with van der Waals surface area (Å²) in [5, 5.41) is 13.8. The molecule has 0 aliphatic carbocycles. The molecule has 5 nitrogen and oxygen atoms in total. The van der Waals surface area contributed by atoms with Crippen LogP contribution in [0.2, 0.25) is 0 Å². The van der Waals surface area contributed by atoms with Crippen LogP contribution in [0, 0.1) is 0 Å². The van der Waals surface area contributed by atoms with Gasteiger partial charge < -0.3 is 9.52 Å². The minimum atomic E-state index is -4.66. The van der Waals surface area contributed by atoms with Gasteiger partial charge in [0.1, 0.15) is 17.6 Å². The van der Waals surface area contributed by atoms with E-state index in [2.05, 4.69) is 4.72 Å². The van der Waals surface area contributed by atoms with Crippen LogP contribution < -0.4 is 4.72 Å². The van der Waals surface area contributed by atoms with Gasteiger partial charge in [0.2, 0.25) is 10.0 Å². The van der Waals surface area contributed by atoms with Crippen LogP contribution in [-0.2, 0) is 16.2 Å². The summed E-state index contributed by atoms with van der Waals surface area (Å²) < 4.78 is 70.3. The number of thiophene rings is 1. The van der Waals surface area contributed by atoms with Crippen molar-refractivity contribution in [3.63, 3.8) is 0 Å². The maximum absolute atomic E-state index is 12.7. The van der Waals surface area contributed by atoms with Crippen LogP contribution in [0.3, 0.4) is 0 Å². The van der Waals surface area contributed by atoms with E-state index in [1.54, 1.807) is 6.07 Å². The standard InChI is InChI=1S/C17H14F3NO4S2/c18-17(19,20)12-2-1-3-13(8-12)27(23,24)21-9-14(22)16-5-4-15(25-16)11-6-7-26-10-11/h1-8,10,14,21-22H,9H2. The Labute approximate surface area is 157 Å². The highest BCUT2D eigenvalue weighted by Gasteiger charge is 2.31. The largest absolute Gasteiger partial charge is 0.458 e. The smallest absolute Gasteiger partial charge is 0.416 e. The molecule has 1 atom stereocenters. The highest BCUT2D eigenvalue weighted by atomic mass is 32.2. The Morgan fingerprint density at radius 1 is 1.19 bits per heavy atom. The van der Waals surface area contributed by atoms with E-state index in [4.69, 9.17) is 4.42 Å².